The first-order valence-corrected chi connectivity index (χ1v) is 11.6. The Morgan fingerprint density at radius 1 is 1.21 bits per heavy atom. The summed E-state index contributed by atoms with van der Waals surface area (Å²) in [6.45, 7) is 0.864. The molecule has 0 aliphatic carbocycles. The lowest BCUT2D eigenvalue weighted by Crippen LogP contribution is -2.19. The van der Waals surface area contributed by atoms with Crippen LogP contribution in [0.3, 0.4) is 0 Å². The number of thiazole rings is 2. The average molecular weight is 449 g/mol. The lowest BCUT2D eigenvalue weighted by atomic mass is 10.3. The molecule has 0 bridgehead atoms. The SMILES string of the molecule is COCCn1c(=NC(=O)c2nc3ccccc3s2)sc2cc(S(N)(=O)=O)ccc21. The molecular weight excluding hydrogens is 432 g/mol. The number of aromatic nitrogens is 2. The lowest BCUT2D eigenvalue weighted by molar-refractivity contribution is 0.0997. The molecule has 0 radical (unpaired) electrons. The molecule has 0 unspecified atom stereocenters. The summed E-state index contributed by atoms with van der Waals surface area (Å²) in [5.41, 5.74) is 1.49. The molecule has 0 fully saturated rings. The summed E-state index contributed by atoms with van der Waals surface area (Å²) >= 11 is 2.49. The molecule has 0 atom stereocenters. The molecule has 150 valence electrons. The van der Waals surface area contributed by atoms with E-state index in [0.29, 0.717) is 27.7 Å². The van der Waals surface area contributed by atoms with Crippen molar-refractivity contribution >= 4 is 59.0 Å². The number of nitrogens with zero attached hydrogens (tertiary/aromatic N) is 3. The standard InChI is InChI=1S/C18H16N4O4S3/c1-26-9-8-22-13-7-6-11(29(19,24)25)10-15(13)28-18(22)21-16(23)17-20-12-4-2-3-5-14(12)27-17/h2-7,10H,8-9H2,1H3,(H2,19,24,25). The topological polar surface area (TPSA) is 117 Å². The Morgan fingerprint density at radius 2 is 2.00 bits per heavy atom. The summed E-state index contributed by atoms with van der Waals surface area (Å²) in [5, 5.41) is 5.53. The maximum Gasteiger partial charge on any atom is 0.308 e. The summed E-state index contributed by atoms with van der Waals surface area (Å²) in [7, 11) is -2.25. The van der Waals surface area contributed by atoms with Crippen LogP contribution in [0.15, 0.2) is 52.4 Å². The molecule has 0 saturated heterocycles. The number of carbonyl (C=O) groups excluding carboxylic acids is 1. The van der Waals surface area contributed by atoms with Crippen molar-refractivity contribution in [2.75, 3.05) is 13.7 Å². The lowest BCUT2D eigenvalue weighted by Gasteiger charge is -2.04. The predicted octanol–water partition coefficient (Wildman–Crippen LogP) is 2.35. The van der Waals surface area contributed by atoms with Crippen LogP contribution in [0.25, 0.3) is 20.4 Å². The molecule has 4 rings (SSSR count). The molecule has 1 amide bonds. The fourth-order valence-electron chi connectivity index (χ4n) is 2.81. The van der Waals surface area contributed by atoms with Gasteiger partial charge in [0, 0.05) is 13.7 Å². The van der Waals surface area contributed by atoms with E-state index in [4.69, 9.17) is 9.88 Å². The minimum atomic E-state index is -3.83. The molecule has 11 heteroatoms. The maximum absolute atomic E-state index is 12.7. The van der Waals surface area contributed by atoms with Gasteiger partial charge in [0.1, 0.15) is 0 Å². The van der Waals surface area contributed by atoms with E-state index in [1.165, 1.54) is 34.8 Å². The van der Waals surface area contributed by atoms with Gasteiger partial charge in [-0.2, -0.15) is 4.99 Å². The van der Waals surface area contributed by atoms with Gasteiger partial charge in [-0.3, -0.25) is 4.79 Å². The normalized spacial score (nSPS) is 12.8. The van der Waals surface area contributed by atoms with E-state index in [2.05, 4.69) is 9.98 Å². The molecule has 0 spiro atoms. The number of carbonyl (C=O) groups is 1. The van der Waals surface area contributed by atoms with Gasteiger partial charge in [-0.25, -0.2) is 18.5 Å². The highest BCUT2D eigenvalue weighted by molar-refractivity contribution is 7.89. The second kappa shape index (κ2) is 7.76. The van der Waals surface area contributed by atoms with Gasteiger partial charge < -0.3 is 9.30 Å². The summed E-state index contributed by atoms with van der Waals surface area (Å²) < 4.78 is 31.9. The van der Waals surface area contributed by atoms with E-state index in [9.17, 15) is 13.2 Å². The van der Waals surface area contributed by atoms with Crippen LogP contribution in [0.4, 0.5) is 0 Å². The number of ether oxygens (including phenoxy) is 1. The quantitative estimate of drug-likeness (QED) is 0.503. The number of primary sulfonamides is 1. The highest BCUT2D eigenvalue weighted by atomic mass is 32.2. The third-order valence-corrected chi connectivity index (χ3v) is 7.15. The number of hydrogen-bond acceptors (Lipinski definition) is 7. The number of amides is 1. The van der Waals surface area contributed by atoms with Crippen LogP contribution < -0.4 is 9.94 Å². The molecular formula is C18H16N4O4S3. The molecule has 0 aliphatic heterocycles. The van der Waals surface area contributed by atoms with Crippen molar-refractivity contribution in [3.63, 3.8) is 0 Å². The Morgan fingerprint density at radius 3 is 2.72 bits per heavy atom. The van der Waals surface area contributed by atoms with E-state index >= 15 is 0 Å². The van der Waals surface area contributed by atoms with Crippen molar-refractivity contribution < 1.29 is 17.9 Å². The van der Waals surface area contributed by atoms with E-state index in [-0.39, 0.29) is 4.90 Å². The Labute approximate surface area is 174 Å². The van der Waals surface area contributed by atoms with E-state index in [1.54, 1.807) is 13.2 Å². The first-order valence-electron chi connectivity index (χ1n) is 8.46. The van der Waals surface area contributed by atoms with Crippen LogP contribution in [0.1, 0.15) is 9.80 Å². The fourth-order valence-corrected chi connectivity index (χ4v) is 5.37. The van der Waals surface area contributed by atoms with Crippen molar-refractivity contribution in [2.45, 2.75) is 11.4 Å². The highest BCUT2D eigenvalue weighted by Crippen LogP contribution is 2.23. The third kappa shape index (κ3) is 4.00. The molecule has 2 heterocycles. The van der Waals surface area contributed by atoms with Gasteiger partial charge in [-0.05, 0) is 30.3 Å². The smallest absolute Gasteiger partial charge is 0.308 e. The number of rotatable bonds is 5. The summed E-state index contributed by atoms with van der Waals surface area (Å²) in [6, 6.07) is 12.1. The number of benzene rings is 2. The van der Waals surface area contributed by atoms with Crippen LogP contribution in [0.5, 0.6) is 0 Å². The van der Waals surface area contributed by atoms with E-state index in [0.717, 1.165) is 15.7 Å². The van der Waals surface area contributed by atoms with Crippen LogP contribution in [-0.4, -0.2) is 37.6 Å². The number of para-hydroxylation sites is 1. The van der Waals surface area contributed by atoms with Gasteiger partial charge in [-0.1, -0.05) is 23.5 Å². The van der Waals surface area contributed by atoms with Crippen molar-refractivity contribution in [3.8, 4) is 0 Å². The minimum Gasteiger partial charge on any atom is -0.383 e. The van der Waals surface area contributed by atoms with Gasteiger partial charge in [0.05, 0.1) is 31.9 Å². The fraction of sp³-hybridized carbons (Fsp3) is 0.167. The van der Waals surface area contributed by atoms with Crippen LogP contribution in [0, 0.1) is 0 Å². The van der Waals surface area contributed by atoms with Gasteiger partial charge in [-0.15, -0.1) is 11.3 Å². The predicted molar refractivity (Wildman–Crippen MR) is 113 cm³/mol. The van der Waals surface area contributed by atoms with E-state index < -0.39 is 15.9 Å². The van der Waals surface area contributed by atoms with Crippen molar-refractivity contribution in [1.82, 2.24) is 9.55 Å². The zero-order valence-corrected chi connectivity index (χ0v) is 17.7. The zero-order valence-electron chi connectivity index (χ0n) is 15.2. The van der Waals surface area contributed by atoms with Gasteiger partial charge >= 0.3 is 5.91 Å². The first kappa shape index (κ1) is 19.9. The molecule has 2 aromatic carbocycles. The summed E-state index contributed by atoms with van der Waals surface area (Å²) in [5.74, 6) is -0.449. The van der Waals surface area contributed by atoms with Gasteiger partial charge in [0.2, 0.25) is 10.0 Å². The maximum atomic E-state index is 12.7. The number of nitrogens with two attached hydrogens (primary N) is 1. The van der Waals surface area contributed by atoms with Crippen LogP contribution in [-0.2, 0) is 21.3 Å². The number of sulfonamides is 1. The molecule has 0 aliphatic rings. The molecule has 2 N–H and O–H groups in total. The Kier molecular flexibility index (Phi) is 5.32. The zero-order chi connectivity index (χ0) is 20.6. The molecule has 29 heavy (non-hydrogen) atoms. The van der Waals surface area contributed by atoms with Gasteiger partial charge in [0.25, 0.3) is 0 Å². The molecule has 8 nitrogen and oxygen atoms in total. The molecule has 2 aromatic heterocycles. The van der Waals surface area contributed by atoms with Crippen LogP contribution >= 0.6 is 22.7 Å². The highest BCUT2D eigenvalue weighted by Gasteiger charge is 2.15. The van der Waals surface area contributed by atoms with Crippen molar-refractivity contribution in [3.05, 3.63) is 52.3 Å². The van der Waals surface area contributed by atoms with Crippen molar-refractivity contribution in [1.29, 1.82) is 0 Å². The average Bonchev–Trinajstić information content (AvgIpc) is 3.26. The number of hydrogen-bond donors (Lipinski definition) is 1. The second-order valence-corrected chi connectivity index (χ2v) is 9.71. The monoisotopic (exact) mass is 448 g/mol. The minimum absolute atomic E-state index is 0.00851. The Bertz CT molecular complexity index is 1370. The second-order valence-electron chi connectivity index (χ2n) is 6.11. The number of methoxy groups -OCH3 is 1. The Hall–Kier alpha value is -2.44. The Balaban J connectivity index is 1.84. The molecule has 4 aromatic rings. The van der Waals surface area contributed by atoms with Crippen LogP contribution in [0.2, 0.25) is 0 Å². The van der Waals surface area contributed by atoms with Gasteiger partial charge in [0.15, 0.2) is 9.81 Å². The first-order chi connectivity index (χ1) is 13.9. The summed E-state index contributed by atoms with van der Waals surface area (Å²) in [4.78, 5) is 21.8. The van der Waals surface area contributed by atoms with Crippen molar-refractivity contribution in [2.24, 2.45) is 10.1 Å². The number of fused-ring (bicyclic) bond motifs is 2. The third-order valence-electron chi connectivity index (χ3n) is 4.18. The molecule has 0 saturated carbocycles. The largest absolute Gasteiger partial charge is 0.383 e. The van der Waals surface area contributed by atoms with E-state index in [1.807, 2.05) is 28.8 Å². The summed E-state index contributed by atoms with van der Waals surface area (Å²) in [6.07, 6.45) is 0.